The Hall–Kier alpha value is -0.880. The summed E-state index contributed by atoms with van der Waals surface area (Å²) < 4.78 is 0. The summed E-state index contributed by atoms with van der Waals surface area (Å²) in [6.45, 7) is 6.76. The number of rotatable bonds is 13. The molecule has 21 heavy (non-hydrogen) atoms. The van der Waals surface area contributed by atoms with E-state index in [2.05, 4.69) is 32.6 Å². The summed E-state index contributed by atoms with van der Waals surface area (Å²) in [6.07, 6.45) is 25.5. The van der Waals surface area contributed by atoms with Gasteiger partial charge in [-0.25, -0.2) is 0 Å². The first kappa shape index (κ1) is 20.1. The number of hydrogen-bond acceptors (Lipinski definition) is 0. The SMILES string of the molecule is C#CC(CCCCC)C(C#C)C(CC)CCCCCCC. The standard InChI is InChI=1S/C21H36/c1-6-11-13-14-16-18-20(9-4)21(10-5)19(8-3)17-15-12-7-2/h3,5,19-21H,6-7,9,11-18H2,1-2,4H3. The van der Waals surface area contributed by atoms with E-state index >= 15 is 0 Å². The van der Waals surface area contributed by atoms with Crippen molar-refractivity contribution in [1.29, 1.82) is 0 Å². The number of terminal acetylenes is 2. The van der Waals surface area contributed by atoms with Gasteiger partial charge in [0.15, 0.2) is 0 Å². The molecule has 0 spiro atoms. The molecule has 0 nitrogen and oxygen atoms in total. The van der Waals surface area contributed by atoms with Gasteiger partial charge in [0, 0.05) is 11.8 Å². The number of unbranched alkanes of at least 4 members (excludes halogenated alkanes) is 6. The third kappa shape index (κ3) is 8.88. The fraction of sp³-hybridized carbons (Fsp3) is 0.810. The Labute approximate surface area is 134 Å². The van der Waals surface area contributed by atoms with Crippen LogP contribution in [-0.2, 0) is 0 Å². The molecule has 0 bridgehead atoms. The molecule has 0 N–H and O–H groups in total. The van der Waals surface area contributed by atoms with E-state index in [0.29, 0.717) is 5.92 Å². The molecular weight excluding hydrogens is 252 g/mol. The minimum absolute atomic E-state index is 0.280. The molecule has 0 heteroatoms. The fourth-order valence-corrected chi connectivity index (χ4v) is 3.21. The van der Waals surface area contributed by atoms with Crippen molar-refractivity contribution in [3.63, 3.8) is 0 Å². The third-order valence-electron chi connectivity index (χ3n) is 4.67. The molecule has 0 aliphatic rings. The van der Waals surface area contributed by atoms with E-state index in [0.717, 1.165) is 12.8 Å². The summed E-state index contributed by atoms with van der Waals surface area (Å²) in [5.41, 5.74) is 0. The van der Waals surface area contributed by atoms with Crippen molar-refractivity contribution in [2.45, 2.75) is 91.4 Å². The van der Waals surface area contributed by atoms with E-state index in [1.165, 1.54) is 57.8 Å². The van der Waals surface area contributed by atoms with Crippen LogP contribution in [0.5, 0.6) is 0 Å². The van der Waals surface area contributed by atoms with Crippen LogP contribution in [0.25, 0.3) is 0 Å². The molecule has 0 heterocycles. The second-order valence-corrected chi connectivity index (χ2v) is 6.33. The largest absolute Gasteiger partial charge is 0.120 e. The average Bonchev–Trinajstić information content (AvgIpc) is 2.51. The van der Waals surface area contributed by atoms with Gasteiger partial charge in [0.25, 0.3) is 0 Å². The normalized spacial score (nSPS) is 14.9. The second-order valence-electron chi connectivity index (χ2n) is 6.33. The minimum atomic E-state index is 0.280. The molecule has 0 aliphatic heterocycles. The van der Waals surface area contributed by atoms with E-state index in [4.69, 9.17) is 12.8 Å². The van der Waals surface area contributed by atoms with Crippen LogP contribution < -0.4 is 0 Å². The Bertz CT molecular complexity index is 301. The van der Waals surface area contributed by atoms with Crippen LogP contribution in [0.1, 0.15) is 91.4 Å². The van der Waals surface area contributed by atoms with Crippen molar-refractivity contribution in [3.8, 4) is 24.7 Å². The van der Waals surface area contributed by atoms with Gasteiger partial charge in [0.05, 0.1) is 0 Å². The van der Waals surface area contributed by atoms with Crippen molar-refractivity contribution in [1.82, 2.24) is 0 Å². The first-order valence-electron chi connectivity index (χ1n) is 9.17. The van der Waals surface area contributed by atoms with E-state index in [9.17, 15) is 0 Å². The maximum absolute atomic E-state index is 5.84. The zero-order chi connectivity index (χ0) is 15.9. The van der Waals surface area contributed by atoms with Gasteiger partial charge >= 0.3 is 0 Å². The van der Waals surface area contributed by atoms with E-state index in [1.54, 1.807) is 0 Å². The molecule has 0 saturated carbocycles. The second kappa shape index (κ2) is 14.1. The van der Waals surface area contributed by atoms with Crippen LogP contribution in [0, 0.1) is 42.4 Å². The van der Waals surface area contributed by atoms with Gasteiger partial charge in [-0.2, -0.15) is 0 Å². The van der Waals surface area contributed by atoms with Crippen LogP contribution >= 0.6 is 0 Å². The molecule has 0 saturated heterocycles. The first-order chi connectivity index (χ1) is 10.2. The molecule has 0 aromatic carbocycles. The van der Waals surface area contributed by atoms with E-state index in [1.807, 2.05) is 0 Å². The topological polar surface area (TPSA) is 0 Å². The Kier molecular flexibility index (Phi) is 13.5. The average molecular weight is 289 g/mol. The van der Waals surface area contributed by atoms with Gasteiger partial charge in [0.2, 0.25) is 0 Å². The molecule has 0 aliphatic carbocycles. The van der Waals surface area contributed by atoms with E-state index < -0.39 is 0 Å². The van der Waals surface area contributed by atoms with Gasteiger partial charge in [-0.15, -0.1) is 24.7 Å². The highest BCUT2D eigenvalue weighted by Gasteiger charge is 2.25. The lowest BCUT2D eigenvalue weighted by atomic mass is 9.76. The molecule has 0 aromatic rings. The Morgan fingerprint density at radius 2 is 1.29 bits per heavy atom. The lowest BCUT2D eigenvalue weighted by molar-refractivity contribution is 0.288. The lowest BCUT2D eigenvalue weighted by Gasteiger charge is -2.27. The zero-order valence-electron chi connectivity index (χ0n) is 14.7. The lowest BCUT2D eigenvalue weighted by Crippen LogP contribution is -2.21. The van der Waals surface area contributed by atoms with Crippen molar-refractivity contribution in [2.75, 3.05) is 0 Å². The van der Waals surface area contributed by atoms with Gasteiger partial charge in [-0.1, -0.05) is 78.6 Å². The first-order valence-corrected chi connectivity index (χ1v) is 9.17. The predicted molar refractivity (Wildman–Crippen MR) is 95.9 cm³/mol. The molecule has 0 rings (SSSR count). The quantitative estimate of drug-likeness (QED) is 0.270. The third-order valence-corrected chi connectivity index (χ3v) is 4.67. The zero-order valence-corrected chi connectivity index (χ0v) is 14.7. The summed E-state index contributed by atoms with van der Waals surface area (Å²) in [4.78, 5) is 0. The molecule has 0 radical (unpaired) electrons. The van der Waals surface area contributed by atoms with Crippen LogP contribution in [0.15, 0.2) is 0 Å². The molecule has 3 unspecified atom stereocenters. The summed E-state index contributed by atoms with van der Waals surface area (Å²) in [7, 11) is 0. The highest BCUT2D eigenvalue weighted by molar-refractivity contribution is 5.08. The monoisotopic (exact) mass is 288 g/mol. The maximum Gasteiger partial charge on any atom is 0.0365 e. The molecule has 3 atom stereocenters. The molecule has 0 aromatic heterocycles. The smallest absolute Gasteiger partial charge is 0.0365 e. The molecular formula is C21H36. The highest BCUT2D eigenvalue weighted by Crippen LogP contribution is 2.31. The molecule has 0 amide bonds. The Morgan fingerprint density at radius 3 is 1.81 bits per heavy atom. The van der Waals surface area contributed by atoms with Crippen LogP contribution in [0.2, 0.25) is 0 Å². The van der Waals surface area contributed by atoms with Crippen LogP contribution in [0.3, 0.4) is 0 Å². The van der Waals surface area contributed by atoms with Crippen molar-refractivity contribution >= 4 is 0 Å². The summed E-state index contributed by atoms with van der Waals surface area (Å²) in [5.74, 6) is 7.21. The number of hydrogen-bond donors (Lipinski definition) is 0. The predicted octanol–water partition coefficient (Wildman–Crippen LogP) is 6.45. The summed E-state index contributed by atoms with van der Waals surface area (Å²) >= 11 is 0. The maximum atomic E-state index is 5.84. The fourth-order valence-electron chi connectivity index (χ4n) is 3.21. The van der Waals surface area contributed by atoms with Gasteiger partial charge < -0.3 is 0 Å². The van der Waals surface area contributed by atoms with Crippen LogP contribution in [0.4, 0.5) is 0 Å². The Balaban J connectivity index is 4.34. The van der Waals surface area contributed by atoms with Crippen molar-refractivity contribution in [2.24, 2.45) is 17.8 Å². The van der Waals surface area contributed by atoms with E-state index in [-0.39, 0.29) is 11.8 Å². The van der Waals surface area contributed by atoms with Gasteiger partial charge in [0.1, 0.15) is 0 Å². The molecule has 120 valence electrons. The van der Waals surface area contributed by atoms with Crippen molar-refractivity contribution in [3.05, 3.63) is 0 Å². The summed E-state index contributed by atoms with van der Waals surface area (Å²) in [6, 6.07) is 0. The van der Waals surface area contributed by atoms with Gasteiger partial charge in [-0.05, 0) is 18.8 Å². The van der Waals surface area contributed by atoms with Crippen molar-refractivity contribution < 1.29 is 0 Å². The van der Waals surface area contributed by atoms with Crippen LogP contribution in [-0.4, -0.2) is 0 Å². The summed E-state index contributed by atoms with van der Waals surface area (Å²) in [5, 5.41) is 0. The highest BCUT2D eigenvalue weighted by atomic mass is 14.3. The molecule has 0 fully saturated rings. The van der Waals surface area contributed by atoms with Gasteiger partial charge in [-0.3, -0.25) is 0 Å². The minimum Gasteiger partial charge on any atom is -0.120 e. The Morgan fingerprint density at radius 1 is 0.714 bits per heavy atom.